The molecule has 11 rings (SSSR count). The molecule has 262 valence electrons. The molecule has 3 heteroatoms. The molecule has 0 amide bonds. The molecule has 0 radical (unpaired) electrons. The summed E-state index contributed by atoms with van der Waals surface area (Å²) in [6.07, 6.45) is 0. The zero-order valence-corrected chi connectivity index (χ0v) is 31.0. The van der Waals surface area contributed by atoms with E-state index in [0.29, 0.717) is 0 Å². The normalized spacial score (nSPS) is 13.1. The van der Waals surface area contributed by atoms with Gasteiger partial charge in [-0.1, -0.05) is 129 Å². The number of hydrogen-bond donors (Lipinski definition) is 0. The molecule has 0 bridgehead atoms. The van der Waals surface area contributed by atoms with E-state index in [4.69, 9.17) is 4.74 Å². The van der Waals surface area contributed by atoms with Crippen molar-refractivity contribution in [3.63, 3.8) is 0 Å². The quantitative estimate of drug-likeness (QED) is 0.174. The molecule has 2 heterocycles. The molecule has 1 aliphatic carbocycles. The molecule has 0 aliphatic heterocycles. The molecule has 0 saturated heterocycles. The number of hydrogen-bond acceptors (Lipinski definition) is 1. The van der Waals surface area contributed by atoms with Crippen molar-refractivity contribution in [3.8, 4) is 50.5 Å². The predicted molar refractivity (Wildman–Crippen MR) is 230 cm³/mol. The van der Waals surface area contributed by atoms with Crippen LogP contribution in [0.5, 0.6) is 5.75 Å². The number of aromatic nitrogens is 2. The summed E-state index contributed by atoms with van der Waals surface area (Å²) in [6.45, 7) is 4.73. The highest BCUT2D eigenvalue weighted by atomic mass is 16.5. The minimum atomic E-state index is -0.0830. The van der Waals surface area contributed by atoms with Gasteiger partial charge in [0, 0.05) is 43.9 Å². The van der Waals surface area contributed by atoms with Crippen molar-refractivity contribution in [2.45, 2.75) is 19.3 Å². The van der Waals surface area contributed by atoms with Crippen LogP contribution in [0.4, 0.5) is 0 Å². The molecule has 10 aromatic rings. The topological polar surface area (TPSA) is 19.1 Å². The minimum Gasteiger partial charge on any atom is -0.496 e. The van der Waals surface area contributed by atoms with Crippen LogP contribution in [0.25, 0.3) is 88.4 Å². The van der Waals surface area contributed by atoms with Gasteiger partial charge in [-0.15, -0.1) is 0 Å². The summed E-state index contributed by atoms with van der Waals surface area (Å²) in [6, 6.07) is 64.3. The number of ether oxygens (including phenoxy) is 1. The van der Waals surface area contributed by atoms with E-state index in [1.807, 2.05) is 12.1 Å². The molecule has 1 aliphatic rings. The third-order valence-corrected chi connectivity index (χ3v) is 12.0. The zero-order valence-electron chi connectivity index (χ0n) is 31.0. The van der Waals surface area contributed by atoms with Crippen LogP contribution in [0.2, 0.25) is 0 Å². The van der Waals surface area contributed by atoms with E-state index >= 15 is 0 Å². The van der Waals surface area contributed by atoms with E-state index in [2.05, 4.69) is 187 Å². The van der Waals surface area contributed by atoms with Crippen molar-refractivity contribution < 1.29 is 4.74 Å². The van der Waals surface area contributed by atoms with E-state index in [1.165, 1.54) is 82.7 Å². The maximum absolute atomic E-state index is 5.78. The Morgan fingerprint density at radius 1 is 0.418 bits per heavy atom. The van der Waals surface area contributed by atoms with Crippen LogP contribution in [0, 0.1) is 0 Å². The van der Waals surface area contributed by atoms with Gasteiger partial charge in [-0.25, -0.2) is 0 Å². The predicted octanol–water partition coefficient (Wildman–Crippen LogP) is 13.5. The SMILES string of the molecule is COc1ccccc1-c1ccc2c3ccc(-c4ccc5c(c4)c4c6c(ccc4n5-c4ccccc4)C(C)(C)c4ccccc4-6)cc3n(-c3ccccc3)c2c1. The summed E-state index contributed by atoms with van der Waals surface area (Å²) in [5.74, 6) is 0.869. The third-order valence-electron chi connectivity index (χ3n) is 12.0. The van der Waals surface area contributed by atoms with Gasteiger partial charge in [0.25, 0.3) is 0 Å². The number of benzene rings is 8. The van der Waals surface area contributed by atoms with E-state index in [9.17, 15) is 0 Å². The van der Waals surface area contributed by atoms with Crippen LogP contribution in [-0.2, 0) is 5.41 Å². The van der Waals surface area contributed by atoms with Crippen molar-refractivity contribution in [1.29, 1.82) is 0 Å². The van der Waals surface area contributed by atoms with Crippen molar-refractivity contribution >= 4 is 43.6 Å². The Kier molecular flexibility index (Phi) is 6.81. The van der Waals surface area contributed by atoms with Crippen LogP contribution < -0.4 is 4.74 Å². The Bertz CT molecular complexity index is 3150. The second-order valence-electron chi connectivity index (χ2n) is 15.3. The molecule has 0 fully saturated rings. The van der Waals surface area contributed by atoms with Crippen molar-refractivity contribution in [2.75, 3.05) is 7.11 Å². The van der Waals surface area contributed by atoms with Crippen LogP contribution in [0.1, 0.15) is 25.0 Å². The zero-order chi connectivity index (χ0) is 36.8. The Labute approximate surface area is 320 Å². The fourth-order valence-corrected chi connectivity index (χ4v) is 9.44. The first-order valence-electron chi connectivity index (χ1n) is 19.1. The fraction of sp³-hybridized carbons (Fsp3) is 0.0769. The van der Waals surface area contributed by atoms with Gasteiger partial charge in [0.15, 0.2) is 0 Å². The summed E-state index contributed by atoms with van der Waals surface area (Å²) in [5, 5.41) is 5.04. The molecule has 2 aromatic heterocycles. The monoisotopic (exact) mass is 706 g/mol. The van der Waals surface area contributed by atoms with Gasteiger partial charge < -0.3 is 13.9 Å². The highest BCUT2D eigenvalue weighted by molar-refractivity contribution is 6.19. The maximum atomic E-state index is 5.78. The molecule has 0 unspecified atom stereocenters. The van der Waals surface area contributed by atoms with E-state index < -0.39 is 0 Å². The summed E-state index contributed by atoms with van der Waals surface area (Å²) in [5.41, 5.74) is 17.1. The fourth-order valence-electron chi connectivity index (χ4n) is 9.44. The molecule has 55 heavy (non-hydrogen) atoms. The van der Waals surface area contributed by atoms with Crippen molar-refractivity contribution in [1.82, 2.24) is 9.13 Å². The standard InChI is InChI=1S/C52H38N2O/c1-52(2)43-20-12-10-19-41(43)50-44(52)27-29-46-51(50)42-30-33(24-28-45(42)53(46)36-14-6-4-7-15-36)34-22-25-39-40-26-23-35(38-18-11-13-21-49(38)55-3)32-48(40)54(47(39)31-34)37-16-8-5-9-17-37/h4-32H,1-3H3. The second-order valence-corrected chi connectivity index (χ2v) is 15.3. The van der Waals surface area contributed by atoms with Gasteiger partial charge in [0.05, 0.1) is 29.2 Å². The van der Waals surface area contributed by atoms with Gasteiger partial charge in [-0.05, 0) is 99.6 Å². The van der Waals surface area contributed by atoms with Crippen molar-refractivity contribution in [2.24, 2.45) is 0 Å². The van der Waals surface area contributed by atoms with Gasteiger partial charge in [0.2, 0.25) is 0 Å². The molecule has 0 spiro atoms. The van der Waals surface area contributed by atoms with Gasteiger partial charge in [-0.3, -0.25) is 0 Å². The van der Waals surface area contributed by atoms with Crippen LogP contribution >= 0.6 is 0 Å². The first-order valence-corrected chi connectivity index (χ1v) is 19.1. The number of fused-ring (bicyclic) bond motifs is 10. The molecule has 3 nitrogen and oxygen atoms in total. The lowest BCUT2D eigenvalue weighted by Crippen LogP contribution is -2.14. The number of methoxy groups -OCH3 is 1. The summed E-state index contributed by atoms with van der Waals surface area (Å²) in [4.78, 5) is 0. The van der Waals surface area contributed by atoms with E-state index in [0.717, 1.165) is 22.6 Å². The average molecular weight is 707 g/mol. The molecule has 0 N–H and O–H groups in total. The summed E-state index contributed by atoms with van der Waals surface area (Å²) in [7, 11) is 1.74. The maximum Gasteiger partial charge on any atom is 0.126 e. The van der Waals surface area contributed by atoms with Gasteiger partial charge in [0.1, 0.15) is 5.75 Å². The highest BCUT2D eigenvalue weighted by Gasteiger charge is 2.37. The van der Waals surface area contributed by atoms with Crippen LogP contribution in [-0.4, -0.2) is 16.2 Å². The molecular formula is C52H38N2O. The Balaban J connectivity index is 1.17. The van der Waals surface area contributed by atoms with Crippen molar-refractivity contribution in [3.05, 3.63) is 187 Å². The summed E-state index contributed by atoms with van der Waals surface area (Å²) < 4.78 is 10.6. The lowest BCUT2D eigenvalue weighted by atomic mass is 9.82. The second kappa shape index (κ2) is 11.8. The Hall–Kier alpha value is -6.84. The Morgan fingerprint density at radius 3 is 1.67 bits per heavy atom. The number of rotatable bonds is 5. The highest BCUT2D eigenvalue weighted by Crippen LogP contribution is 2.53. The minimum absolute atomic E-state index is 0.0830. The van der Waals surface area contributed by atoms with Crippen LogP contribution in [0.3, 0.4) is 0 Å². The summed E-state index contributed by atoms with van der Waals surface area (Å²) >= 11 is 0. The lowest BCUT2D eigenvalue weighted by molar-refractivity contribution is 0.416. The molecule has 8 aromatic carbocycles. The van der Waals surface area contributed by atoms with E-state index in [-0.39, 0.29) is 5.41 Å². The molecule has 0 atom stereocenters. The first-order chi connectivity index (χ1) is 27.0. The molecule has 0 saturated carbocycles. The smallest absolute Gasteiger partial charge is 0.126 e. The average Bonchev–Trinajstić information content (AvgIpc) is 3.83. The van der Waals surface area contributed by atoms with Crippen LogP contribution in [0.15, 0.2) is 176 Å². The van der Waals surface area contributed by atoms with E-state index in [1.54, 1.807) is 7.11 Å². The number of para-hydroxylation sites is 3. The number of nitrogens with zero attached hydrogens (tertiary/aromatic N) is 2. The third kappa shape index (κ3) is 4.56. The van der Waals surface area contributed by atoms with Gasteiger partial charge in [-0.2, -0.15) is 0 Å². The molecular weight excluding hydrogens is 669 g/mol. The van der Waals surface area contributed by atoms with Gasteiger partial charge >= 0.3 is 0 Å². The lowest BCUT2D eigenvalue weighted by Gasteiger charge is -2.21. The first kappa shape index (κ1) is 31.7. The largest absolute Gasteiger partial charge is 0.496 e. The Morgan fingerprint density at radius 2 is 0.964 bits per heavy atom.